The zero-order valence-corrected chi connectivity index (χ0v) is 17.3. The summed E-state index contributed by atoms with van der Waals surface area (Å²) in [5.41, 5.74) is 3.53. The van der Waals surface area contributed by atoms with Gasteiger partial charge in [-0.25, -0.2) is 0 Å². The second kappa shape index (κ2) is 8.38. The predicted octanol–water partition coefficient (Wildman–Crippen LogP) is 5.33. The first-order valence-corrected chi connectivity index (χ1v) is 9.71. The van der Waals surface area contributed by atoms with Crippen molar-refractivity contribution < 1.29 is 0 Å². The second-order valence-corrected chi connectivity index (χ2v) is 8.27. The van der Waals surface area contributed by atoms with E-state index in [1.54, 1.807) is 6.20 Å². The minimum atomic E-state index is 0.0319. The number of para-hydroxylation sites is 1. The van der Waals surface area contributed by atoms with Gasteiger partial charge in [-0.3, -0.25) is 0 Å². The molecule has 2 aromatic carbocycles. The number of hydrogen-bond acceptors (Lipinski definition) is 5. The molecule has 1 N–H and O–H groups in total. The fraction of sp³-hybridized carbons (Fsp3) is 0.348. The maximum atomic E-state index is 4.75. The van der Waals surface area contributed by atoms with Gasteiger partial charge in [0.15, 0.2) is 5.82 Å². The van der Waals surface area contributed by atoms with Crippen LogP contribution >= 0.6 is 0 Å². The van der Waals surface area contributed by atoms with Gasteiger partial charge in [0.1, 0.15) is 0 Å². The van der Waals surface area contributed by atoms with Crippen molar-refractivity contribution in [2.45, 2.75) is 52.6 Å². The maximum Gasteiger partial charge on any atom is 0.247 e. The van der Waals surface area contributed by atoms with Gasteiger partial charge in [0.25, 0.3) is 0 Å². The Balaban J connectivity index is 1.87. The molecule has 0 fully saturated rings. The van der Waals surface area contributed by atoms with E-state index in [-0.39, 0.29) is 11.5 Å². The number of anilines is 3. The molecule has 0 amide bonds. The zero-order chi connectivity index (χ0) is 20.1. The lowest BCUT2D eigenvalue weighted by atomic mass is 9.86. The zero-order valence-electron chi connectivity index (χ0n) is 17.3. The largest absolute Gasteiger partial charge is 0.339 e. The molecule has 0 saturated carbocycles. The first-order chi connectivity index (χ1) is 13.3. The van der Waals surface area contributed by atoms with E-state index >= 15 is 0 Å². The predicted molar refractivity (Wildman–Crippen MR) is 116 cm³/mol. The van der Waals surface area contributed by atoms with Crippen molar-refractivity contribution >= 4 is 17.5 Å². The highest BCUT2D eigenvalue weighted by atomic mass is 15.3. The van der Waals surface area contributed by atoms with Crippen molar-refractivity contribution in [3.63, 3.8) is 0 Å². The highest BCUT2D eigenvalue weighted by Gasteiger charge is 2.19. The normalized spacial score (nSPS) is 11.5. The Kier molecular flexibility index (Phi) is 5.93. The van der Waals surface area contributed by atoms with E-state index in [9.17, 15) is 0 Å². The van der Waals surface area contributed by atoms with E-state index in [1.165, 1.54) is 11.1 Å². The van der Waals surface area contributed by atoms with Crippen LogP contribution in [0, 0.1) is 0 Å². The van der Waals surface area contributed by atoms with Gasteiger partial charge in [-0.05, 0) is 36.5 Å². The molecule has 0 aliphatic heterocycles. The molecule has 3 aromatic rings. The molecule has 0 unspecified atom stereocenters. The molecule has 3 rings (SSSR count). The van der Waals surface area contributed by atoms with Crippen LogP contribution in [0.2, 0.25) is 0 Å². The topological polar surface area (TPSA) is 53.9 Å². The van der Waals surface area contributed by atoms with Crippen LogP contribution < -0.4 is 10.2 Å². The van der Waals surface area contributed by atoms with Crippen LogP contribution in [0.5, 0.6) is 0 Å². The van der Waals surface area contributed by atoms with Gasteiger partial charge in [0.2, 0.25) is 5.95 Å². The molecule has 5 nitrogen and oxygen atoms in total. The lowest BCUT2D eigenvalue weighted by molar-refractivity contribution is 0.592. The number of nitrogens with one attached hydrogen (secondary N) is 1. The average molecular weight is 376 g/mol. The first kappa shape index (κ1) is 19.8. The number of benzene rings is 2. The Morgan fingerprint density at radius 1 is 0.964 bits per heavy atom. The monoisotopic (exact) mass is 375 g/mol. The quantitative estimate of drug-likeness (QED) is 0.631. The Morgan fingerprint density at radius 2 is 1.64 bits per heavy atom. The van der Waals surface area contributed by atoms with Gasteiger partial charge in [-0.2, -0.15) is 10.1 Å². The van der Waals surface area contributed by atoms with Crippen molar-refractivity contribution in [3.05, 3.63) is 71.9 Å². The third kappa shape index (κ3) is 4.85. The third-order valence-corrected chi connectivity index (χ3v) is 4.62. The lowest BCUT2D eigenvalue weighted by Gasteiger charge is -2.27. The Morgan fingerprint density at radius 3 is 2.32 bits per heavy atom. The fourth-order valence-electron chi connectivity index (χ4n) is 3.12. The molecule has 0 spiro atoms. The summed E-state index contributed by atoms with van der Waals surface area (Å²) in [7, 11) is 0. The molecule has 0 bridgehead atoms. The van der Waals surface area contributed by atoms with Crippen LogP contribution in [0.15, 0.2) is 60.8 Å². The highest BCUT2D eigenvalue weighted by Crippen LogP contribution is 2.31. The summed E-state index contributed by atoms with van der Waals surface area (Å²) in [6, 6.07) is 18.9. The first-order valence-electron chi connectivity index (χ1n) is 9.71. The van der Waals surface area contributed by atoms with Gasteiger partial charge >= 0.3 is 0 Å². The van der Waals surface area contributed by atoms with Gasteiger partial charge < -0.3 is 10.2 Å². The van der Waals surface area contributed by atoms with Crippen LogP contribution in [-0.4, -0.2) is 21.2 Å². The van der Waals surface area contributed by atoms with Gasteiger partial charge in [-0.1, -0.05) is 69.3 Å². The van der Waals surface area contributed by atoms with E-state index in [1.807, 2.05) is 24.3 Å². The smallest absolute Gasteiger partial charge is 0.247 e. The van der Waals surface area contributed by atoms with Crippen molar-refractivity contribution in [2.75, 3.05) is 10.2 Å². The summed E-state index contributed by atoms with van der Waals surface area (Å²) in [6.45, 7) is 11.6. The molecule has 0 aliphatic rings. The minimum absolute atomic E-state index is 0.0319. The summed E-state index contributed by atoms with van der Waals surface area (Å²) >= 11 is 0. The fourth-order valence-corrected chi connectivity index (χ4v) is 3.12. The molecule has 0 saturated heterocycles. The molecule has 28 heavy (non-hydrogen) atoms. The van der Waals surface area contributed by atoms with Gasteiger partial charge in [0.05, 0.1) is 6.20 Å². The van der Waals surface area contributed by atoms with E-state index in [2.05, 4.69) is 85.4 Å². The average Bonchev–Trinajstić information content (AvgIpc) is 2.66. The minimum Gasteiger partial charge on any atom is -0.339 e. The summed E-state index contributed by atoms with van der Waals surface area (Å²) in [5.74, 6) is 1.32. The van der Waals surface area contributed by atoms with Crippen LogP contribution in [-0.2, 0) is 12.0 Å². The number of nitrogens with zero attached hydrogens (tertiary/aromatic N) is 4. The molecule has 0 atom stereocenters. The Bertz CT molecular complexity index is 900. The molecule has 1 heterocycles. The van der Waals surface area contributed by atoms with Gasteiger partial charge in [0, 0.05) is 18.3 Å². The van der Waals surface area contributed by atoms with Crippen molar-refractivity contribution in [2.24, 2.45) is 0 Å². The Hall–Kier alpha value is -2.95. The summed E-state index contributed by atoms with van der Waals surface area (Å²) < 4.78 is 0. The summed E-state index contributed by atoms with van der Waals surface area (Å²) in [4.78, 5) is 6.91. The van der Waals surface area contributed by atoms with E-state index in [4.69, 9.17) is 4.98 Å². The van der Waals surface area contributed by atoms with Crippen molar-refractivity contribution in [1.29, 1.82) is 0 Å². The van der Waals surface area contributed by atoms with Crippen LogP contribution in [0.3, 0.4) is 0 Å². The summed E-state index contributed by atoms with van der Waals surface area (Å²) in [5, 5.41) is 11.9. The van der Waals surface area contributed by atoms with Crippen LogP contribution in [0.25, 0.3) is 0 Å². The van der Waals surface area contributed by atoms with Gasteiger partial charge in [-0.15, -0.1) is 5.10 Å². The van der Waals surface area contributed by atoms with Crippen LogP contribution in [0.1, 0.15) is 45.7 Å². The van der Waals surface area contributed by atoms with E-state index < -0.39 is 0 Å². The molecule has 0 radical (unpaired) electrons. The van der Waals surface area contributed by atoms with E-state index in [0.717, 1.165) is 12.2 Å². The molecule has 146 valence electrons. The van der Waals surface area contributed by atoms with E-state index in [0.29, 0.717) is 11.8 Å². The molecular formula is C23H29N5. The van der Waals surface area contributed by atoms with Crippen LogP contribution in [0.4, 0.5) is 17.5 Å². The van der Waals surface area contributed by atoms with Crippen molar-refractivity contribution in [1.82, 2.24) is 15.2 Å². The second-order valence-electron chi connectivity index (χ2n) is 8.27. The van der Waals surface area contributed by atoms with Crippen molar-refractivity contribution in [3.8, 4) is 0 Å². The Labute approximate surface area is 167 Å². The molecule has 1 aromatic heterocycles. The summed E-state index contributed by atoms with van der Waals surface area (Å²) in [6.07, 6.45) is 1.67. The highest BCUT2D eigenvalue weighted by molar-refractivity contribution is 5.62. The standard InChI is InChI=1S/C23H29N5/c1-17(2)28(16-18-11-7-6-8-12-18)22-26-21(15-24-27-22)25-20-14-10-9-13-19(20)23(3,4)5/h6-15,17H,16H2,1-5H3,(H,25,26,27). The number of rotatable bonds is 6. The maximum absolute atomic E-state index is 4.75. The lowest BCUT2D eigenvalue weighted by Crippen LogP contribution is -2.32. The SMILES string of the molecule is CC(C)N(Cc1ccccc1)c1nncc(Nc2ccccc2C(C)(C)C)n1. The third-order valence-electron chi connectivity index (χ3n) is 4.62. The number of hydrogen-bond donors (Lipinski definition) is 1. The molecule has 0 aliphatic carbocycles. The number of aromatic nitrogens is 3. The molecular weight excluding hydrogens is 346 g/mol. The molecule has 5 heteroatoms.